The van der Waals surface area contributed by atoms with Crippen LogP contribution in [0.2, 0.25) is 0 Å². The average Bonchev–Trinajstić information content (AvgIpc) is 2.12. The molecule has 0 aliphatic carbocycles. The van der Waals surface area contributed by atoms with E-state index in [1.54, 1.807) is 0 Å². The SMILES string of the molecule is I.NC(N)=NCCNc1cccc(Br)c1. The fourth-order valence-corrected chi connectivity index (χ4v) is 1.38. The molecular weight excluding hydrogens is 371 g/mol. The monoisotopic (exact) mass is 384 g/mol. The first-order valence-electron chi connectivity index (χ1n) is 4.23. The van der Waals surface area contributed by atoms with E-state index in [-0.39, 0.29) is 29.9 Å². The molecule has 1 rings (SSSR count). The largest absolute Gasteiger partial charge is 0.383 e. The third-order valence-electron chi connectivity index (χ3n) is 1.56. The fraction of sp³-hybridized carbons (Fsp3) is 0.222. The van der Waals surface area contributed by atoms with Gasteiger partial charge in [0.05, 0.1) is 6.54 Å². The van der Waals surface area contributed by atoms with Crippen LogP contribution in [0.5, 0.6) is 0 Å². The van der Waals surface area contributed by atoms with Crippen LogP contribution in [0.4, 0.5) is 5.69 Å². The summed E-state index contributed by atoms with van der Waals surface area (Å²) in [6.07, 6.45) is 0. The minimum Gasteiger partial charge on any atom is -0.383 e. The van der Waals surface area contributed by atoms with Gasteiger partial charge >= 0.3 is 0 Å². The highest BCUT2D eigenvalue weighted by Crippen LogP contribution is 2.14. The van der Waals surface area contributed by atoms with Gasteiger partial charge in [-0.25, -0.2) is 0 Å². The molecule has 1 aromatic rings. The van der Waals surface area contributed by atoms with Gasteiger partial charge in [-0.05, 0) is 18.2 Å². The molecule has 0 aromatic heterocycles. The van der Waals surface area contributed by atoms with Crippen LogP contribution in [0, 0.1) is 0 Å². The Hall–Kier alpha value is -0.500. The molecule has 0 amide bonds. The van der Waals surface area contributed by atoms with Crippen molar-refractivity contribution in [2.75, 3.05) is 18.4 Å². The Bertz CT molecular complexity index is 326. The van der Waals surface area contributed by atoms with Gasteiger partial charge in [0.1, 0.15) is 0 Å². The number of anilines is 1. The Labute approximate surface area is 115 Å². The standard InChI is InChI=1S/C9H13BrN4.HI/c10-7-2-1-3-8(6-7)13-4-5-14-9(11)12;/h1-3,6,13H,4-5H2,(H4,11,12,14);1H. The van der Waals surface area contributed by atoms with Gasteiger partial charge in [-0.1, -0.05) is 22.0 Å². The first-order valence-corrected chi connectivity index (χ1v) is 5.02. The molecule has 0 aliphatic rings. The van der Waals surface area contributed by atoms with Crippen LogP contribution >= 0.6 is 39.9 Å². The fourth-order valence-electron chi connectivity index (χ4n) is 0.984. The highest BCUT2D eigenvalue weighted by molar-refractivity contribution is 14.0. The van der Waals surface area contributed by atoms with Crippen LogP contribution in [0.15, 0.2) is 33.7 Å². The molecule has 0 bridgehead atoms. The lowest BCUT2D eigenvalue weighted by molar-refractivity contribution is 1.01. The van der Waals surface area contributed by atoms with E-state index in [9.17, 15) is 0 Å². The van der Waals surface area contributed by atoms with Crippen LogP contribution in [-0.4, -0.2) is 19.0 Å². The van der Waals surface area contributed by atoms with Gasteiger partial charge in [0, 0.05) is 16.7 Å². The van der Waals surface area contributed by atoms with E-state index in [2.05, 4.69) is 26.2 Å². The molecule has 84 valence electrons. The van der Waals surface area contributed by atoms with Gasteiger partial charge in [0.25, 0.3) is 0 Å². The van der Waals surface area contributed by atoms with Gasteiger partial charge in [-0.3, -0.25) is 4.99 Å². The van der Waals surface area contributed by atoms with E-state index in [4.69, 9.17) is 11.5 Å². The second kappa shape index (κ2) is 7.75. The Balaban J connectivity index is 0.00000196. The van der Waals surface area contributed by atoms with E-state index in [0.717, 1.165) is 10.2 Å². The van der Waals surface area contributed by atoms with E-state index >= 15 is 0 Å². The smallest absolute Gasteiger partial charge is 0.185 e. The maximum absolute atomic E-state index is 5.19. The second-order valence-electron chi connectivity index (χ2n) is 2.74. The number of rotatable bonds is 4. The Morgan fingerprint density at radius 1 is 1.40 bits per heavy atom. The molecule has 0 spiro atoms. The summed E-state index contributed by atoms with van der Waals surface area (Å²) in [5.41, 5.74) is 11.4. The van der Waals surface area contributed by atoms with Crippen molar-refractivity contribution in [3.05, 3.63) is 28.7 Å². The Kier molecular flexibility index (Phi) is 7.49. The number of hydrogen-bond donors (Lipinski definition) is 3. The number of aliphatic imine (C=N–C) groups is 1. The van der Waals surface area contributed by atoms with Gasteiger partial charge in [0.15, 0.2) is 5.96 Å². The summed E-state index contributed by atoms with van der Waals surface area (Å²) in [7, 11) is 0. The molecule has 0 fully saturated rings. The van der Waals surface area contributed by atoms with Crippen LogP contribution in [-0.2, 0) is 0 Å². The van der Waals surface area contributed by atoms with E-state index in [1.807, 2.05) is 24.3 Å². The van der Waals surface area contributed by atoms with E-state index < -0.39 is 0 Å². The number of nitrogens with one attached hydrogen (secondary N) is 1. The van der Waals surface area contributed by atoms with E-state index in [0.29, 0.717) is 13.1 Å². The van der Waals surface area contributed by atoms with Crippen molar-refractivity contribution in [3.8, 4) is 0 Å². The molecule has 15 heavy (non-hydrogen) atoms. The molecule has 0 saturated heterocycles. The lowest BCUT2D eigenvalue weighted by atomic mass is 10.3. The van der Waals surface area contributed by atoms with Crippen molar-refractivity contribution < 1.29 is 0 Å². The summed E-state index contributed by atoms with van der Waals surface area (Å²) in [6, 6.07) is 7.92. The van der Waals surface area contributed by atoms with Gasteiger partial charge in [0.2, 0.25) is 0 Å². The molecular formula is C9H14BrIN4. The molecule has 5 N–H and O–H groups in total. The van der Waals surface area contributed by atoms with E-state index in [1.165, 1.54) is 0 Å². The van der Waals surface area contributed by atoms with Crippen molar-refractivity contribution in [3.63, 3.8) is 0 Å². The summed E-state index contributed by atoms with van der Waals surface area (Å²) in [5.74, 6) is 0.126. The zero-order valence-electron chi connectivity index (χ0n) is 8.11. The summed E-state index contributed by atoms with van der Waals surface area (Å²) in [4.78, 5) is 3.86. The summed E-state index contributed by atoms with van der Waals surface area (Å²) in [6.45, 7) is 1.29. The molecule has 0 radical (unpaired) electrons. The quantitative estimate of drug-likeness (QED) is 0.320. The molecule has 0 atom stereocenters. The predicted octanol–water partition coefficient (Wildman–Crippen LogP) is 1.75. The summed E-state index contributed by atoms with van der Waals surface area (Å²) in [5, 5.41) is 3.19. The summed E-state index contributed by atoms with van der Waals surface area (Å²) < 4.78 is 1.05. The molecule has 0 aliphatic heterocycles. The number of nitrogens with two attached hydrogens (primary N) is 2. The molecule has 1 aromatic carbocycles. The molecule has 0 saturated carbocycles. The molecule has 0 unspecified atom stereocenters. The Morgan fingerprint density at radius 2 is 2.13 bits per heavy atom. The summed E-state index contributed by atoms with van der Waals surface area (Å²) >= 11 is 3.39. The van der Waals surface area contributed by atoms with Crippen LogP contribution in [0.25, 0.3) is 0 Å². The number of nitrogens with zero attached hydrogens (tertiary/aromatic N) is 1. The third kappa shape index (κ3) is 6.56. The first-order chi connectivity index (χ1) is 6.68. The van der Waals surface area contributed by atoms with Crippen molar-refractivity contribution in [2.45, 2.75) is 0 Å². The molecule has 6 heteroatoms. The van der Waals surface area contributed by atoms with Crippen molar-refractivity contribution >= 4 is 51.6 Å². The Morgan fingerprint density at radius 3 is 2.73 bits per heavy atom. The van der Waals surface area contributed by atoms with Gasteiger partial charge in [-0.15, -0.1) is 24.0 Å². The number of guanidine groups is 1. The normalized spacial score (nSPS) is 8.87. The van der Waals surface area contributed by atoms with Gasteiger partial charge in [-0.2, -0.15) is 0 Å². The second-order valence-corrected chi connectivity index (χ2v) is 3.66. The highest BCUT2D eigenvalue weighted by atomic mass is 127. The zero-order valence-corrected chi connectivity index (χ0v) is 12.0. The van der Waals surface area contributed by atoms with Gasteiger partial charge < -0.3 is 16.8 Å². The zero-order chi connectivity index (χ0) is 10.4. The minimum atomic E-state index is 0. The average molecular weight is 385 g/mol. The maximum Gasteiger partial charge on any atom is 0.185 e. The topological polar surface area (TPSA) is 76.4 Å². The lowest BCUT2D eigenvalue weighted by Gasteiger charge is -2.04. The van der Waals surface area contributed by atoms with Crippen molar-refractivity contribution in [2.24, 2.45) is 16.5 Å². The minimum absolute atomic E-state index is 0. The highest BCUT2D eigenvalue weighted by Gasteiger charge is 1.91. The lowest BCUT2D eigenvalue weighted by Crippen LogP contribution is -2.23. The number of halogens is 2. The first kappa shape index (κ1) is 14.5. The third-order valence-corrected chi connectivity index (χ3v) is 2.05. The van der Waals surface area contributed by atoms with Crippen LogP contribution in [0.3, 0.4) is 0 Å². The molecule has 4 nitrogen and oxygen atoms in total. The van der Waals surface area contributed by atoms with Crippen LogP contribution < -0.4 is 16.8 Å². The van der Waals surface area contributed by atoms with Crippen molar-refractivity contribution in [1.29, 1.82) is 0 Å². The van der Waals surface area contributed by atoms with Crippen LogP contribution in [0.1, 0.15) is 0 Å². The molecule has 0 heterocycles. The predicted molar refractivity (Wildman–Crippen MR) is 78.7 cm³/mol. The van der Waals surface area contributed by atoms with Crippen molar-refractivity contribution in [1.82, 2.24) is 0 Å². The number of benzene rings is 1. The maximum atomic E-state index is 5.19. The number of hydrogen-bond acceptors (Lipinski definition) is 2.